The largest absolute Gasteiger partial charge is 0.455 e. The number of anilines is 1. The molecule has 6 heteroatoms. The first kappa shape index (κ1) is 14.9. The minimum atomic E-state index is -0.740. The van der Waals surface area contributed by atoms with Gasteiger partial charge in [0.05, 0.1) is 11.9 Å². The van der Waals surface area contributed by atoms with Crippen molar-refractivity contribution in [1.29, 1.82) is 0 Å². The van der Waals surface area contributed by atoms with Gasteiger partial charge in [0.2, 0.25) is 0 Å². The molecule has 2 N–H and O–H groups in total. The Labute approximate surface area is 130 Å². The molecular weight excluding hydrogens is 305 g/mol. The summed E-state index contributed by atoms with van der Waals surface area (Å²) in [7, 11) is 0. The van der Waals surface area contributed by atoms with Gasteiger partial charge in [0, 0.05) is 23.8 Å². The minimum absolute atomic E-state index is 0.167. The first-order valence-electron chi connectivity index (χ1n) is 6.67. The molecule has 1 aromatic heterocycles. The van der Waals surface area contributed by atoms with Crippen molar-refractivity contribution in [1.82, 2.24) is 4.98 Å². The van der Waals surface area contributed by atoms with Crippen LogP contribution in [-0.2, 0) is 0 Å². The molecule has 0 aliphatic heterocycles. The van der Waals surface area contributed by atoms with Crippen molar-refractivity contribution in [3.8, 4) is 22.8 Å². The molecule has 0 saturated carbocycles. The van der Waals surface area contributed by atoms with E-state index in [-0.39, 0.29) is 22.8 Å². The fraction of sp³-hybridized carbons (Fsp3) is 0. The number of halogens is 3. The second-order valence-corrected chi connectivity index (χ2v) is 4.83. The van der Waals surface area contributed by atoms with E-state index in [0.29, 0.717) is 5.69 Å². The van der Waals surface area contributed by atoms with Gasteiger partial charge in [-0.3, -0.25) is 4.98 Å². The van der Waals surface area contributed by atoms with Crippen LogP contribution in [0.1, 0.15) is 0 Å². The highest BCUT2D eigenvalue weighted by molar-refractivity contribution is 5.69. The van der Waals surface area contributed by atoms with E-state index in [1.165, 1.54) is 30.5 Å². The maximum atomic E-state index is 13.4. The van der Waals surface area contributed by atoms with Crippen molar-refractivity contribution in [3.63, 3.8) is 0 Å². The first-order chi connectivity index (χ1) is 11.0. The predicted molar refractivity (Wildman–Crippen MR) is 80.5 cm³/mol. The number of aromatic nitrogens is 1. The van der Waals surface area contributed by atoms with E-state index >= 15 is 0 Å². The summed E-state index contributed by atoms with van der Waals surface area (Å²) >= 11 is 0. The van der Waals surface area contributed by atoms with Crippen LogP contribution in [0.4, 0.5) is 18.9 Å². The lowest BCUT2D eigenvalue weighted by molar-refractivity contribution is 0.477. The Balaban J connectivity index is 2.07. The summed E-state index contributed by atoms with van der Waals surface area (Å²) in [6.07, 6.45) is 1.34. The summed E-state index contributed by atoms with van der Waals surface area (Å²) < 4.78 is 45.7. The van der Waals surface area contributed by atoms with Gasteiger partial charge in [0.25, 0.3) is 0 Å². The number of benzene rings is 2. The molecule has 0 aliphatic rings. The topological polar surface area (TPSA) is 48.1 Å². The first-order valence-corrected chi connectivity index (χ1v) is 6.67. The maximum Gasteiger partial charge on any atom is 0.155 e. The summed E-state index contributed by atoms with van der Waals surface area (Å²) in [5, 5.41) is 0. The maximum absolute atomic E-state index is 13.4. The Morgan fingerprint density at radius 1 is 0.870 bits per heavy atom. The number of nitrogen functional groups attached to an aromatic ring is 1. The van der Waals surface area contributed by atoms with E-state index < -0.39 is 17.5 Å². The van der Waals surface area contributed by atoms with Gasteiger partial charge in [-0.1, -0.05) is 6.07 Å². The van der Waals surface area contributed by atoms with Crippen LogP contribution >= 0.6 is 0 Å². The van der Waals surface area contributed by atoms with Crippen molar-refractivity contribution < 1.29 is 17.9 Å². The fourth-order valence-electron chi connectivity index (χ4n) is 2.10. The van der Waals surface area contributed by atoms with Gasteiger partial charge in [-0.15, -0.1) is 0 Å². The number of ether oxygens (including phenoxy) is 1. The van der Waals surface area contributed by atoms with Crippen molar-refractivity contribution in [3.05, 3.63) is 72.2 Å². The van der Waals surface area contributed by atoms with E-state index in [1.807, 2.05) is 0 Å². The summed E-state index contributed by atoms with van der Waals surface area (Å²) in [6.45, 7) is 0. The van der Waals surface area contributed by atoms with Crippen LogP contribution in [0.2, 0.25) is 0 Å². The van der Waals surface area contributed by atoms with E-state index in [1.54, 1.807) is 6.07 Å². The number of hydrogen-bond acceptors (Lipinski definition) is 3. The highest BCUT2D eigenvalue weighted by atomic mass is 19.1. The zero-order chi connectivity index (χ0) is 16.4. The Morgan fingerprint density at radius 2 is 1.61 bits per heavy atom. The summed E-state index contributed by atoms with van der Waals surface area (Å²) in [5.41, 5.74) is 6.37. The fourth-order valence-corrected chi connectivity index (χ4v) is 2.10. The number of pyridine rings is 1. The van der Waals surface area contributed by atoms with Crippen LogP contribution in [0.5, 0.6) is 11.5 Å². The molecule has 0 bridgehead atoms. The van der Waals surface area contributed by atoms with Gasteiger partial charge in [0.15, 0.2) is 5.75 Å². The van der Waals surface area contributed by atoms with Gasteiger partial charge in [-0.25, -0.2) is 13.2 Å². The third-order valence-electron chi connectivity index (χ3n) is 3.03. The molecular formula is C17H11F3N2O. The molecule has 3 aromatic rings. The smallest absolute Gasteiger partial charge is 0.155 e. The number of nitrogens with zero attached hydrogens (tertiary/aromatic N) is 1. The second-order valence-electron chi connectivity index (χ2n) is 4.83. The van der Waals surface area contributed by atoms with Crippen molar-refractivity contribution in [2.24, 2.45) is 0 Å². The molecule has 0 amide bonds. The van der Waals surface area contributed by atoms with E-state index in [0.717, 1.165) is 18.2 Å². The molecule has 23 heavy (non-hydrogen) atoms. The highest BCUT2D eigenvalue weighted by Gasteiger charge is 2.13. The highest BCUT2D eigenvalue weighted by Crippen LogP contribution is 2.33. The van der Waals surface area contributed by atoms with Gasteiger partial charge >= 0.3 is 0 Å². The quantitative estimate of drug-likeness (QED) is 0.771. The Hall–Kier alpha value is -3.02. The standard InChI is InChI=1S/C17H11F3N2O/c18-11-2-1-3-15(7-11)23-16-8-14(21)9-22-17(16)10-4-12(19)6-13(20)5-10/h1-9H,21H2. The SMILES string of the molecule is Nc1cnc(-c2cc(F)cc(F)c2)c(Oc2cccc(F)c2)c1. The van der Waals surface area contributed by atoms with Crippen LogP contribution in [0, 0.1) is 17.5 Å². The van der Waals surface area contributed by atoms with Gasteiger partial charge in [0.1, 0.15) is 28.9 Å². The van der Waals surface area contributed by atoms with Gasteiger partial charge < -0.3 is 10.5 Å². The average molecular weight is 316 g/mol. The molecule has 0 spiro atoms. The lowest BCUT2D eigenvalue weighted by Crippen LogP contribution is -1.96. The average Bonchev–Trinajstić information content (AvgIpc) is 2.46. The Kier molecular flexibility index (Phi) is 3.89. The van der Waals surface area contributed by atoms with E-state index in [4.69, 9.17) is 10.5 Å². The third-order valence-corrected chi connectivity index (χ3v) is 3.03. The van der Waals surface area contributed by atoms with E-state index in [2.05, 4.69) is 4.98 Å². The molecule has 3 rings (SSSR count). The van der Waals surface area contributed by atoms with Gasteiger partial charge in [-0.05, 0) is 24.3 Å². The lowest BCUT2D eigenvalue weighted by Gasteiger charge is -2.11. The second kappa shape index (κ2) is 6.00. The Morgan fingerprint density at radius 3 is 2.30 bits per heavy atom. The third kappa shape index (κ3) is 3.42. The zero-order valence-electron chi connectivity index (χ0n) is 11.8. The summed E-state index contributed by atoms with van der Waals surface area (Å²) in [5.74, 6) is -1.57. The minimum Gasteiger partial charge on any atom is -0.455 e. The van der Waals surface area contributed by atoms with Crippen molar-refractivity contribution >= 4 is 5.69 Å². The number of rotatable bonds is 3. The monoisotopic (exact) mass is 316 g/mol. The summed E-state index contributed by atoms with van der Waals surface area (Å²) in [6, 6.07) is 9.94. The van der Waals surface area contributed by atoms with Crippen LogP contribution in [0.25, 0.3) is 11.3 Å². The molecule has 2 aromatic carbocycles. The normalized spacial score (nSPS) is 10.6. The van der Waals surface area contributed by atoms with E-state index in [9.17, 15) is 13.2 Å². The molecule has 0 radical (unpaired) electrons. The lowest BCUT2D eigenvalue weighted by atomic mass is 10.1. The van der Waals surface area contributed by atoms with Crippen molar-refractivity contribution in [2.45, 2.75) is 0 Å². The Bertz CT molecular complexity index is 848. The predicted octanol–water partition coefficient (Wildman–Crippen LogP) is 4.54. The van der Waals surface area contributed by atoms with Crippen LogP contribution in [-0.4, -0.2) is 4.98 Å². The molecule has 0 saturated heterocycles. The van der Waals surface area contributed by atoms with Crippen molar-refractivity contribution in [2.75, 3.05) is 5.73 Å². The molecule has 3 nitrogen and oxygen atoms in total. The van der Waals surface area contributed by atoms with Crippen LogP contribution in [0.15, 0.2) is 54.7 Å². The van der Waals surface area contributed by atoms with Crippen LogP contribution < -0.4 is 10.5 Å². The van der Waals surface area contributed by atoms with Gasteiger partial charge in [-0.2, -0.15) is 0 Å². The number of hydrogen-bond donors (Lipinski definition) is 1. The number of nitrogens with two attached hydrogens (primary N) is 1. The molecule has 0 aliphatic carbocycles. The molecule has 0 atom stereocenters. The van der Waals surface area contributed by atoms with Crippen LogP contribution in [0.3, 0.4) is 0 Å². The molecule has 1 heterocycles. The molecule has 116 valence electrons. The zero-order valence-corrected chi connectivity index (χ0v) is 11.8. The molecule has 0 fully saturated rings. The summed E-state index contributed by atoms with van der Waals surface area (Å²) in [4.78, 5) is 4.07. The molecule has 0 unspecified atom stereocenters.